The molecule has 2 fully saturated rings. The summed E-state index contributed by atoms with van der Waals surface area (Å²) in [7, 11) is 0. The molecule has 5 unspecified atom stereocenters. The summed E-state index contributed by atoms with van der Waals surface area (Å²) in [5.41, 5.74) is 3.89. The Labute approximate surface area is 218 Å². The van der Waals surface area contributed by atoms with Crippen LogP contribution in [0, 0.1) is 22.7 Å². The molecule has 1 nitrogen and oxygen atoms in total. The zero-order chi connectivity index (χ0) is 23.1. The average Bonchev–Trinajstić information content (AvgIpc) is 2.69. The fourth-order valence-corrected chi connectivity index (χ4v) is 8.48. The Bertz CT molecular complexity index is 891. The minimum absolute atomic E-state index is 0.160. The molecule has 172 valence electrons. The maximum Gasteiger partial charge on any atom is 0.133 e. The van der Waals surface area contributed by atoms with Crippen LogP contribution in [0.3, 0.4) is 0 Å². The smallest absolute Gasteiger partial charge is 0.133 e. The number of halogens is 4. The molecule has 1 N–H and O–H groups in total. The van der Waals surface area contributed by atoms with Gasteiger partial charge in [-0.05, 0) is 115 Å². The van der Waals surface area contributed by atoms with Crippen molar-refractivity contribution < 1.29 is 5.11 Å². The molecule has 1 aromatic rings. The molecule has 0 radical (unpaired) electrons. The number of benzene rings is 1. The van der Waals surface area contributed by atoms with Crippen LogP contribution in [0.15, 0.2) is 43.8 Å². The molecule has 2 aliphatic carbocycles. The summed E-state index contributed by atoms with van der Waals surface area (Å²) in [6.07, 6.45) is 7.46. The van der Waals surface area contributed by atoms with Crippen LogP contribution in [0.2, 0.25) is 0 Å². The molecule has 0 aliphatic heterocycles. The van der Waals surface area contributed by atoms with E-state index in [4.69, 9.17) is 11.6 Å². The number of fused-ring (bicyclic) bond motifs is 1. The number of allylic oxidation sites excluding steroid dienone is 3. The predicted octanol–water partition coefficient (Wildman–Crippen LogP) is 9.92. The van der Waals surface area contributed by atoms with Gasteiger partial charge in [0, 0.05) is 14.3 Å². The van der Waals surface area contributed by atoms with Gasteiger partial charge in [-0.2, -0.15) is 0 Å². The van der Waals surface area contributed by atoms with Gasteiger partial charge < -0.3 is 5.11 Å². The largest absolute Gasteiger partial charge is 0.506 e. The van der Waals surface area contributed by atoms with Gasteiger partial charge in [0.2, 0.25) is 0 Å². The molecule has 0 aromatic heterocycles. The first-order chi connectivity index (χ1) is 14.4. The van der Waals surface area contributed by atoms with E-state index in [9.17, 15) is 5.11 Å². The van der Waals surface area contributed by atoms with E-state index >= 15 is 0 Å². The van der Waals surface area contributed by atoms with Crippen molar-refractivity contribution in [2.24, 2.45) is 22.7 Å². The number of phenols is 1. The minimum Gasteiger partial charge on any atom is -0.506 e. The SMILES string of the molecule is C=C1CCC2C(C)(CCC(Cl)=C(C)C)C(Br)CCC2(C)C1Cc1cc(Br)cc(Br)c1O. The van der Waals surface area contributed by atoms with Gasteiger partial charge in [0.1, 0.15) is 5.75 Å². The zero-order valence-corrected chi connectivity index (χ0v) is 24.5. The summed E-state index contributed by atoms with van der Waals surface area (Å²) >= 11 is 17.8. The van der Waals surface area contributed by atoms with Crippen LogP contribution in [0.5, 0.6) is 5.75 Å². The highest BCUT2D eigenvalue weighted by atomic mass is 79.9. The third kappa shape index (κ3) is 5.03. The molecule has 5 heteroatoms. The molecular formula is C26H34Br3ClO. The summed E-state index contributed by atoms with van der Waals surface area (Å²) in [6.45, 7) is 13.7. The van der Waals surface area contributed by atoms with Gasteiger partial charge in [-0.1, -0.05) is 75.0 Å². The molecule has 3 rings (SSSR count). The van der Waals surface area contributed by atoms with Gasteiger partial charge in [0.25, 0.3) is 0 Å². The first-order valence-corrected chi connectivity index (χ1v) is 14.1. The van der Waals surface area contributed by atoms with Crippen molar-refractivity contribution in [2.75, 3.05) is 0 Å². The lowest BCUT2D eigenvalue weighted by atomic mass is 9.46. The van der Waals surface area contributed by atoms with Crippen LogP contribution in [-0.4, -0.2) is 9.93 Å². The Morgan fingerprint density at radius 2 is 1.90 bits per heavy atom. The monoisotopic (exact) mass is 634 g/mol. The summed E-state index contributed by atoms with van der Waals surface area (Å²) in [6, 6.07) is 3.96. The third-order valence-corrected chi connectivity index (χ3v) is 11.4. The lowest BCUT2D eigenvalue weighted by Gasteiger charge is -2.61. The van der Waals surface area contributed by atoms with Crippen molar-refractivity contribution in [3.05, 3.63) is 49.4 Å². The van der Waals surface area contributed by atoms with Crippen molar-refractivity contribution in [3.8, 4) is 5.75 Å². The minimum atomic E-state index is 0.160. The van der Waals surface area contributed by atoms with Crippen molar-refractivity contribution in [3.63, 3.8) is 0 Å². The second-order valence-electron chi connectivity index (χ2n) is 10.3. The first-order valence-electron chi connectivity index (χ1n) is 11.2. The van der Waals surface area contributed by atoms with Crippen molar-refractivity contribution >= 4 is 59.4 Å². The van der Waals surface area contributed by atoms with Gasteiger partial charge in [0.05, 0.1) is 4.47 Å². The van der Waals surface area contributed by atoms with E-state index in [1.54, 1.807) is 0 Å². The molecule has 2 saturated carbocycles. The van der Waals surface area contributed by atoms with Crippen molar-refractivity contribution in [2.45, 2.75) is 77.5 Å². The Morgan fingerprint density at radius 1 is 1.23 bits per heavy atom. The molecular weight excluding hydrogens is 603 g/mol. The van der Waals surface area contributed by atoms with Gasteiger partial charge in [-0.3, -0.25) is 0 Å². The molecule has 0 bridgehead atoms. The number of alkyl halides is 1. The number of rotatable bonds is 5. The molecule has 5 atom stereocenters. The van der Waals surface area contributed by atoms with Crippen LogP contribution in [-0.2, 0) is 6.42 Å². The van der Waals surface area contributed by atoms with Crippen LogP contribution >= 0.6 is 59.4 Å². The first kappa shape index (κ1) is 25.8. The number of hydrogen-bond acceptors (Lipinski definition) is 1. The normalized spacial score (nSPS) is 33.2. The third-order valence-electron chi connectivity index (χ3n) is 8.24. The molecule has 0 heterocycles. The maximum atomic E-state index is 10.7. The van der Waals surface area contributed by atoms with Crippen LogP contribution < -0.4 is 0 Å². The quantitative estimate of drug-likeness (QED) is 0.252. The summed E-state index contributed by atoms with van der Waals surface area (Å²) in [5, 5.41) is 11.7. The van der Waals surface area contributed by atoms with Gasteiger partial charge in [-0.25, -0.2) is 0 Å². The average molecular weight is 638 g/mol. The van der Waals surface area contributed by atoms with E-state index in [2.05, 4.69) is 88.1 Å². The maximum absolute atomic E-state index is 10.7. The summed E-state index contributed by atoms with van der Waals surface area (Å²) in [5.74, 6) is 1.30. The van der Waals surface area contributed by atoms with Crippen molar-refractivity contribution in [1.82, 2.24) is 0 Å². The van der Waals surface area contributed by atoms with Crippen molar-refractivity contribution in [1.29, 1.82) is 0 Å². The van der Waals surface area contributed by atoms with Crippen LogP contribution in [0.25, 0.3) is 0 Å². The Morgan fingerprint density at radius 3 is 2.55 bits per heavy atom. The fraction of sp³-hybridized carbons (Fsp3) is 0.615. The Hall–Kier alpha value is 0.230. The second-order valence-corrected chi connectivity index (χ2v) is 13.7. The van der Waals surface area contributed by atoms with Crippen LogP contribution in [0.4, 0.5) is 0 Å². The molecule has 1 aromatic carbocycles. The highest BCUT2D eigenvalue weighted by molar-refractivity contribution is 9.11. The summed E-state index contributed by atoms with van der Waals surface area (Å²) < 4.78 is 1.73. The lowest BCUT2D eigenvalue weighted by Crippen LogP contribution is -2.54. The predicted molar refractivity (Wildman–Crippen MR) is 144 cm³/mol. The van der Waals surface area contributed by atoms with E-state index in [-0.39, 0.29) is 10.8 Å². The Balaban J connectivity index is 1.95. The molecule has 0 spiro atoms. The van der Waals surface area contributed by atoms with Gasteiger partial charge in [-0.15, -0.1) is 0 Å². The number of phenolic OH excluding ortho intramolecular Hbond substituents is 1. The van der Waals surface area contributed by atoms with E-state index < -0.39 is 0 Å². The van der Waals surface area contributed by atoms with Gasteiger partial charge in [0.15, 0.2) is 0 Å². The lowest BCUT2D eigenvalue weighted by molar-refractivity contribution is -0.0589. The second kappa shape index (κ2) is 9.84. The topological polar surface area (TPSA) is 20.2 Å². The van der Waals surface area contributed by atoms with E-state index in [0.29, 0.717) is 22.4 Å². The van der Waals surface area contributed by atoms with E-state index in [0.717, 1.165) is 51.6 Å². The molecule has 0 amide bonds. The van der Waals surface area contributed by atoms with Gasteiger partial charge >= 0.3 is 0 Å². The van der Waals surface area contributed by atoms with E-state index in [1.807, 2.05) is 6.07 Å². The number of hydrogen-bond donors (Lipinski definition) is 1. The van der Waals surface area contributed by atoms with Crippen LogP contribution in [0.1, 0.15) is 71.8 Å². The highest BCUT2D eigenvalue weighted by Gasteiger charge is 2.57. The van der Waals surface area contributed by atoms with E-state index in [1.165, 1.54) is 24.0 Å². The number of aromatic hydroxyl groups is 1. The zero-order valence-electron chi connectivity index (χ0n) is 19.0. The molecule has 31 heavy (non-hydrogen) atoms. The molecule has 0 saturated heterocycles. The molecule has 2 aliphatic rings. The standard InChI is InChI=1S/C26H34Br3ClO/c1-15(2)21(30)8-10-26(5)22-7-6-16(3)19(25(22,4)11-9-23(26)29)13-17-12-18(27)14-20(28)24(17)31/h12,14,19,22-23,31H,3,6-11,13H2,1-2,4-5H3. The fourth-order valence-electron chi connectivity index (χ4n) is 6.29. The Kier molecular flexibility index (Phi) is 8.20. The summed E-state index contributed by atoms with van der Waals surface area (Å²) in [4.78, 5) is 0.500. The highest BCUT2D eigenvalue weighted by Crippen LogP contribution is 2.64.